The normalized spacial score (nSPS) is 17.6. The van der Waals surface area contributed by atoms with Gasteiger partial charge >= 0.3 is 6.09 Å². The second-order valence-electron chi connectivity index (χ2n) is 22.3. The van der Waals surface area contributed by atoms with Gasteiger partial charge in [0.1, 0.15) is 37.1 Å². The lowest BCUT2D eigenvalue weighted by Gasteiger charge is -2.46. The molecule has 13 nitrogen and oxygen atoms in total. The summed E-state index contributed by atoms with van der Waals surface area (Å²) < 4.78 is 61.0. The van der Waals surface area contributed by atoms with Gasteiger partial charge in [0.15, 0.2) is 6.29 Å². The number of amides is 2. The summed E-state index contributed by atoms with van der Waals surface area (Å²) in [4.78, 5) is 26.6. The Hall–Kier alpha value is -7.04. The molecule has 0 aromatic heterocycles. The maximum atomic E-state index is 14.5. The van der Waals surface area contributed by atoms with Crippen molar-refractivity contribution in [3.05, 3.63) is 251 Å². The van der Waals surface area contributed by atoms with Crippen LogP contribution >= 0.6 is 0 Å². The largest absolute Gasteiger partial charge is 0.445 e. The second-order valence-corrected chi connectivity index (χ2v) is 22.3. The summed E-state index contributed by atoms with van der Waals surface area (Å²) >= 11 is 0. The van der Waals surface area contributed by atoms with Crippen LogP contribution in [0, 0.1) is 0 Å². The predicted molar refractivity (Wildman–Crippen MR) is 339 cm³/mol. The molecule has 13 heteroatoms. The zero-order valence-corrected chi connectivity index (χ0v) is 50.7. The van der Waals surface area contributed by atoms with Crippen LogP contribution in [0.15, 0.2) is 212 Å². The van der Waals surface area contributed by atoms with E-state index in [1.54, 1.807) is 0 Å². The van der Waals surface area contributed by atoms with Crippen molar-refractivity contribution in [2.45, 2.75) is 173 Å². The van der Waals surface area contributed by atoms with Crippen molar-refractivity contribution in [3.8, 4) is 0 Å². The molecule has 2 unspecified atom stereocenters. The molecule has 1 fully saturated rings. The van der Waals surface area contributed by atoms with Crippen molar-refractivity contribution in [1.29, 1.82) is 0 Å². The third kappa shape index (κ3) is 24.2. The number of hydrogen-bond donors (Lipinski definition) is 2. The average Bonchev–Trinajstić information content (AvgIpc) is 2.15. The van der Waals surface area contributed by atoms with Gasteiger partial charge in [0.05, 0.1) is 65.0 Å². The van der Waals surface area contributed by atoms with Crippen molar-refractivity contribution >= 4 is 12.0 Å². The van der Waals surface area contributed by atoms with E-state index < -0.39 is 49.0 Å². The fourth-order valence-corrected chi connectivity index (χ4v) is 10.7. The molecule has 1 aliphatic heterocycles. The highest BCUT2D eigenvalue weighted by Crippen LogP contribution is 2.33. The molecule has 0 saturated carbocycles. The first-order chi connectivity index (χ1) is 43.0. The second kappa shape index (κ2) is 39.0. The lowest BCUT2D eigenvalue weighted by atomic mass is 9.97. The van der Waals surface area contributed by atoms with E-state index in [1.165, 1.54) is 0 Å². The first-order valence-electron chi connectivity index (χ1n) is 31.4. The third-order valence-corrected chi connectivity index (χ3v) is 15.4. The van der Waals surface area contributed by atoms with E-state index in [0.29, 0.717) is 39.2 Å². The van der Waals surface area contributed by atoms with Crippen LogP contribution in [0.5, 0.6) is 0 Å². The molecular formula is C74H90N2O11. The fourth-order valence-electron chi connectivity index (χ4n) is 10.7. The first-order valence-corrected chi connectivity index (χ1v) is 31.4. The number of carbonyl (C=O) groups excluding carboxylic acids is 2. The Bertz CT molecular complexity index is 2900. The van der Waals surface area contributed by atoms with Crippen LogP contribution in [0.25, 0.3) is 0 Å². The number of hydrogen-bond acceptors (Lipinski definition) is 11. The molecule has 462 valence electrons. The molecule has 1 heterocycles. The van der Waals surface area contributed by atoms with E-state index in [1.807, 2.05) is 212 Å². The van der Waals surface area contributed by atoms with E-state index in [9.17, 15) is 9.59 Å². The van der Waals surface area contributed by atoms with Crippen molar-refractivity contribution in [1.82, 2.24) is 10.6 Å². The average molecular weight is 1180 g/mol. The quantitative estimate of drug-likeness (QED) is 0.0355. The Morgan fingerprint density at radius 1 is 0.437 bits per heavy atom. The highest BCUT2D eigenvalue weighted by Gasteiger charge is 2.50. The highest BCUT2D eigenvalue weighted by atomic mass is 16.7. The molecule has 0 radical (unpaired) electrons. The summed E-state index contributed by atoms with van der Waals surface area (Å²) in [6, 6.07) is 69.4. The predicted octanol–water partition coefficient (Wildman–Crippen LogP) is 14.6. The van der Waals surface area contributed by atoms with Gasteiger partial charge < -0.3 is 53.3 Å². The highest BCUT2D eigenvalue weighted by molar-refractivity contribution is 5.76. The van der Waals surface area contributed by atoms with E-state index in [2.05, 4.69) is 17.6 Å². The lowest BCUT2D eigenvalue weighted by Crippen LogP contribution is -2.62. The molecule has 0 aliphatic carbocycles. The van der Waals surface area contributed by atoms with Gasteiger partial charge in [0, 0.05) is 13.0 Å². The maximum Gasteiger partial charge on any atom is 0.407 e. The van der Waals surface area contributed by atoms with E-state index in [4.69, 9.17) is 42.6 Å². The van der Waals surface area contributed by atoms with Gasteiger partial charge in [-0.05, 0) is 58.2 Å². The van der Waals surface area contributed by atoms with E-state index in [0.717, 1.165) is 96.7 Å². The van der Waals surface area contributed by atoms with Gasteiger partial charge in [-0.1, -0.05) is 264 Å². The van der Waals surface area contributed by atoms with Crippen molar-refractivity contribution < 1.29 is 52.2 Å². The van der Waals surface area contributed by atoms with Crippen LogP contribution < -0.4 is 10.6 Å². The number of ether oxygens (including phenoxy) is 9. The zero-order valence-electron chi connectivity index (χ0n) is 50.7. The Kier molecular flexibility index (Phi) is 29.5. The molecule has 2 amide bonds. The van der Waals surface area contributed by atoms with Crippen LogP contribution in [0.4, 0.5) is 4.79 Å². The molecule has 0 bridgehead atoms. The van der Waals surface area contributed by atoms with Crippen LogP contribution in [0.1, 0.15) is 116 Å². The summed E-state index contributed by atoms with van der Waals surface area (Å²) in [6.45, 7) is 4.88. The Morgan fingerprint density at radius 2 is 0.839 bits per heavy atom. The number of rotatable bonds is 40. The summed E-state index contributed by atoms with van der Waals surface area (Å²) in [7, 11) is 0. The van der Waals surface area contributed by atoms with Gasteiger partial charge in [0.25, 0.3) is 0 Å². The van der Waals surface area contributed by atoms with Gasteiger partial charge in [-0.15, -0.1) is 0 Å². The van der Waals surface area contributed by atoms with Gasteiger partial charge in [-0.3, -0.25) is 4.79 Å². The molecule has 87 heavy (non-hydrogen) atoms. The lowest BCUT2D eigenvalue weighted by molar-refractivity contribution is -0.330. The Morgan fingerprint density at radius 3 is 1.32 bits per heavy atom. The molecule has 0 spiro atoms. The topological polar surface area (TPSA) is 141 Å². The number of alkyl carbamates (subject to hydrolysis) is 1. The summed E-state index contributed by atoms with van der Waals surface area (Å²) in [5.41, 5.74) is 6.96. The molecule has 1 aliphatic rings. The molecule has 8 atom stereocenters. The van der Waals surface area contributed by atoms with Crippen LogP contribution in [-0.2, 0) is 93.7 Å². The number of nitrogens with one attached hydrogen (secondary N) is 2. The first kappa shape index (κ1) is 65.9. The van der Waals surface area contributed by atoms with Crippen molar-refractivity contribution in [2.24, 2.45) is 0 Å². The van der Waals surface area contributed by atoms with Crippen LogP contribution in [0.2, 0.25) is 0 Å². The molecule has 1 saturated heterocycles. The summed E-state index contributed by atoms with van der Waals surface area (Å²) in [6.07, 6.45) is 4.62. The van der Waals surface area contributed by atoms with Crippen LogP contribution in [-0.4, -0.2) is 80.7 Å². The maximum absolute atomic E-state index is 14.5. The van der Waals surface area contributed by atoms with Gasteiger partial charge in [-0.25, -0.2) is 4.79 Å². The molecule has 7 aromatic carbocycles. The number of benzene rings is 7. The minimum Gasteiger partial charge on any atom is -0.445 e. The minimum atomic E-state index is -1.03. The molecule has 7 aromatic rings. The monoisotopic (exact) mass is 1180 g/mol. The zero-order chi connectivity index (χ0) is 60.2. The van der Waals surface area contributed by atoms with Crippen LogP contribution in [0.3, 0.4) is 0 Å². The third-order valence-electron chi connectivity index (χ3n) is 15.4. The molecular weight excluding hydrogens is 1090 g/mol. The van der Waals surface area contributed by atoms with Gasteiger partial charge in [0.2, 0.25) is 5.91 Å². The Balaban J connectivity index is 0.986. The molecule has 2 N–H and O–H groups in total. The standard InChI is InChI=1S/C74H90N2O11/c1-2-66(80-50-59-35-19-11-20-36-59)69(81-51-60-37-21-12-22-38-60)65(76-68(77)47-31-8-6-4-3-5-7-9-32-48-75-74(78)86-55-64-45-29-16-30-46-64)56-85-73-72(84-54-63-43-27-15-28-44-63)71(83-53-62-41-25-14-26-42-62)70(82-52-61-39-23-13-24-40-61)67(87-73)57-79-49-58-33-17-10-18-34-58/h10-30,33-46,65-67,69-73H,2-9,31-32,47-57H2,1H3,(H,75,78)(H,76,77)/t65-,66+,67?,69-,70-,71-,72?,73-/m0/s1. The minimum absolute atomic E-state index is 0.0147. The number of carbonyl (C=O) groups is 2. The van der Waals surface area contributed by atoms with E-state index in [-0.39, 0.29) is 51.6 Å². The SMILES string of the molecule is CC[C@@H](OCc1ccccc1)[C@@H](OCc1ccccc1)[C@H](CO[C@H]1OC(COCc2ccccc2)[C@H](OCc2ccccc2)[C@H](OCc2ccccc2)C1OCc1ccccc1)NC(=O)CCCCCCCCCCCNC(=O)OCc1ccccc1. The Labute approximate surface area is 516 Å². The van der Waals surface area contributed by atoms with Crippen molar-refractivity contribution in [2.75, 3.05) is 19.8 Å². The smallest absolute Gasteiger partial charge is 0.407 e. The summed E-state index contributed by atoms with van der Waals surface area (Å²) in [5.74, 6) is -0.0977. The van der Waals surface area contributed by atoms with Gasteiger partial charge in [-0.2, -0.15) is 0 Å². The summed E-state index contributed by atoms with van der Waals surface area (Å²) in [5, 5.41) is 6.29. The fraction of sp³-hybridized carbons (Fsp3) is 0.405. The number of unbranched alkanes of at least 4 members (excludes halogenated alkanes) is 8. The molecule has 8 rings (SSSR count). The van der Waals surface area contributed by atoms with E-state index >= 15 is 0 Å². The van der Waals surface area contributed by atoms with Crippen molar-refractivity contribution in [3.63, 3.8) is 0 Å².